The molecule has 0 bridgehead atoms. The van der Waals surface area contributed by atoms with Gasteiger partial charge >= 0.3 is 0 Å². The van der Waals surface area contributed by atoms with Crippen molar-refractivity contribution in [1.82, 2.24) is 5.32 Å². The minimum atomic E-state index is -0.0363. The van der Waals surface area contributed by atoms with Crippen LogP contribution in [-0.4, -0.2) is 19.6 Å². The van der Waals surface area contributed by atoms with Crippen LogP contribution in [0, 0.1) is 0 Å². The highest BCUT2D eigenvalue weighted by atomic mass is 32.1. The second-order valence-corrected chi connectivity index (χ2v) is 3.12. The van der Waals surface area contributed by atoms with Crippen LogP contribution in [0.4, 0.5) is 0 Å². The molecule has 0 aromatic carbocycles. The van der Waals surface area contributed by atoms with E-state index in [-0.39, 0.29) is 5.91 Å². The van der Waals surface area contributed by atoms with E-state index in [1.807, 2.05) is 12.3 Å². The summed E-state index contributed by atoms with van der Waals surface area (Å²) in [5.74, 6) is 0.701. The molecule has 0 aliphatic rings. The normalized spacial score (nSPS) is 9.50. The highest BCUT2D eigenvalue weighted by molar-refractivity contribution is 7.12. The third-order valence-corrected chi connectivity index (χ3v) is 2.28. The Morgan fingerprint density at radius 3 is 3.00 bits per heavy atom. The summed E-state index contributed by atoms with van der Waals surface area (Å²) in [7, 11) is 1.59. The molecule has 3 nitrogen and oxygen atoms in total. The van der Waals surface area contributed by atoms with Gasteiger partial charge in [-0.05, 0) is 6.92 Å². The first kappa shape index (κ1) is 9.06. The van der Waals surface area contributed by atoms with Gasteiger partial charge in [-0.2, -0.15) is 0 Å². The van der Waals surface area contributed by atoms with E-state index in [4.69, 9.17) is 4.74 Å². The molecule has 0 atom stereocenters. The summed E-state index contributed by atoms with van der Waals surface area (Å²) >= 11 is 1.39. The van der Waals surface area contributed by atoms with E-state index in [0.29, 0.717) is 11.4 Å². The molecule has 1 rings (SSSR count). The second-order valence-electron chi connectivity index (χ2n) is 2.21. The summed E-state index contributed by atoms with van der Waals surface area (Å²) in [6.07, 6.45) is 0. The van der Waals surface area contributed by atoms with Gasteiger partial charge in [0, 0.05) is 18.0 Å². The predicted molar refractivity (Wildman–Crippen MR) is 48.9 cm³/mol. The standard InChI is InChI=1S/C8H11NO2S/c1-3-9-8(10)7-4-6(11-2)5-12-7/h4-5H,3H2,1-2H3,(H,9,10). The zero-order valence-electron chi connectivity index (χ0n) is 7.09. The summed E-state index contributed by atoms with van der Waals surface area (Å²) in [4.78, 5) is 11.9. The molecule has 1 heterocycles. The lowest BCUT2D eigenvalue weighted by atomic mass is 10.4. The molecule has 0 aliphatic carbocycles. The SMILES string of the molecule is CCNC(=O)c1cc(OC)cs1. The number of nitrogens with one attached hydrogen (secondary N) is 1. The van der Waals surface area contributed by atoms with Crippen LogP contribution in [0.5, 0.6) is 5.75 Å². The van der Waals surface area contributed by atoms with Gasteiger partial charge in [0.1, 0.15) is 5.75 Å². The Hall–Kier alpha value is -1.03. The molecule has 1 N–H and O–H groups in total. The van der Waals surface area contributed by atoms with Crippen molar-refractivity contribution in [3.8, 4) is 5.75 Å². The van der Waals surface area contributed by atoms with Gasteiger partial charge in [-0.15, -0.1) is 11.3 Å². The zero-order chi connectivity index (χ0) is 8.97. The molecule has 66 valence electrons. The van der Waals surface area contributed by atoms with Crippen molar-refractivity contribution in [3.05, 3.63) is 16.3 Å². The highest BCUT2D eigenvalue weighted by Gasteiger charge is 2.07. The van der Waals surface area contributed by atoms with Gasteiger partial charge in [-0.1, -0.05) is 0 Å². The average Bonchev–Trinajstić information content (AvgIpc) is 2.52. The number of carbonyl (C=O) groups excluding carboxylic acids is 1. The van der Waals surface area contributed by atoms with E-state index in [9.17, 15) is 4.79 Å². The molecule has 0 radical (unpaired) electrons. The number of methoxy groups -OCH3 is 1. The summed E-state index contributed by atoms with van der Waals surface area (Å²) in [5.41, 5.74) is 0. The van der Waals surface area contributed by atoms with E-state index in [1.54, 1.807) is 13.2 Å². The van der Waals surface area contributed by atoms with Gasteiger partial charge in [0.15, 0.2) is 0 Å². The van der Waals surface area contributed by atoms with Crippen LogP contribution in [0.25, 0.3) is 0 Å². The first-order valence-electron chi connectivity index (χ1n) is 3.68. The lowest BCUT2D eigenvalue weighted by Crippen LogP contribution is -2.21. The number of rotatable bonds is 3. The van der Waals surface area contributed by atoms with E-state index >= 15 is 0 Å². The lowest BCUT2D eigenvalue weighted by Gasteiger charge is -1.96. The Labute approximate surface area is 75.4 Å². The van der Waals surface area contributed by atoms with Crippen molar-refractivity contribution in [2.45, 2.75) is 6.92 Å². The second kappa shape index (κ2) is 4.11. The number of ether oxygens (including phenoxy) is 1. The van der Waals surface area contributed by atoms with Crippen LogP contribution >= 0.6 is 11.3 Å². The Bertz CT molecular complexity index is 270. The van der Waals surface area contributed by atoms with Crippen LogP contribution in [0.2, 0.25) is 0 Å². The topological polar surface area (TPSA) is 38.3 Å². The maximum absolute atomic E-state index is 11.2. The number of carbonyl (C=O) groups is 1. The summed E-state index contributed by atoms with van der Waals surface area (Å²) in [6.45, 7) is 2.54. The Morgan fingerprint density at radius 1 is 1.75 bits per heavy atom. The molecule has 0 unspecified atom stereocenters. The van der Waals surface area contributed by atoms with Gasteiger partial charge in [-0.3, -0.25) is 4.79 Å². The number of thiophene rings is 1. The summed E-state index contributed by atoms with van der Waals surface area (Å²) in [6, 6.07) is 1.73. The van der Waals surface area contributed by atoms with E-state index in [1.165, 1.54) is 11.3 Å². The summed E-state index contributed by atoms with van der Waals surface area (Å²) < 4.78 is 4.95. The Morgan fingerprint density at radius 2 is 2.50 bits per heavy atom. The van der Waals surface area contributed by atoms with Gasteiger partial charge < -0.3 is 10.1 Å². The third kappa shape index (κ3) is 1.98. The van der Waals surface area contributed by atoms with Crippen molar-refractivity contribution in [2.24, 2.45) is 0 Å². The maximum atomic E-state index is 11.2. The van der Waals surface area contributed by atoms with Crippen LogP contribution in [0.15, 0.2) is 11.4 Å². The number of hydrogen-bond donors (Lipinski definition) is 1. The van der Waals surface area contributed by atoms with Gasteiger partial charge in [0.25, 0.3) is 5.91 Å². The largest absolute Gasteiger partial charge is 0.496 e. The molecule has 0 saturated carbocycles. The van der Waals surface area contributed by atoms with Crippen LogP contribution in [-0.2, 0) is 0 Å². The fourth-order valence-electron chi connectivity index (χ4n) is 0.793. The maximum Gasteiger partial charge on any atom is 0.261 e. The summed E-state index contributed by atoms with van der Waals surface area (Å²) in [5, 5.41) is 4.53. The van der Waals surface area contributed by atoms with E-state index in [2.05, 4.69) is 5.32 Å². The van der Waals surface area contributed by atoms with Gasteiger partial charge in [0.2, 0.25) is 0 Å². The smallest absolute Gasteiger partial charge is 0.261 e. The minimum absolute atomic E-state index is 0.0363. The monoisotopic (exact) mass is 185 g/mol. The predicted octanol–water partition coefficient (Wildman–Crippen LogP) is 1.51. The van der Waals surface area contributed by atoms with Gasteiger partial charge in [0.05, 0.1) is 12.0 Å². The molecule has 1 aromatic heterocycles. The van der Waals surface area contributed by atoms with Crippen molar-refractivity contribution in [2.75, 3.05) is 13.7 Å². The number of hydrogen-bond acceptors (Lipinski definition) is 3. The quantitative estimate of drug-likeness (QED) is 0.775. The Balaban J connectivity index is 2.68. The van der Waals surface area contributed by atoms with Crippen molar-refractivity contribution in [3.63, 3.8) is 0 Å². The minimum Gasteiger partial charge on any atom is -0.496 e. The molecular weight excluding hydrogens is 174 g/mol. The molecule has 0 saturated heterocycles. The first-order valence-corrected chi connectivity index (χ1v) is 4.56. The number of amides is 1. The molecule has 0 spiro atoms. The van der Waals surface area contributed by atoms with Crippen molar-refractivity contribution >= 4 is 17.2 Å². The van der Waals surface area contributed by atoms with Crippen LogP contribution in [0.3, 0.4) is 0 Å². The van der Waals surface area contributed by atoms with Crippen LogP contribution < -0.4 is 10.1 Å². The van der Waals surface area contributed by atoms with E-state index < -0.39 is 0 Å². The van der Waals surface area contributed by atoms with Crippen molar-refractivity contribution < 1.29 is 9.53 Å². The molecule has 0 fully saturated rings. The first-order chi connectivity index (χ1) is 5.77. The average molecular weight is 185 g/mol. The molecule has 12 heavy (non-hydrogen) atoms. The fourth-order valence-corrected chi connectivity index (χ4v) is 1.56. The molecule has 1 aromatic rings. The third-order valence-electron chi connectivity index (χ3n) is 1.37. The van der Waals surface area contributed by atoms with E-state index in [0.717, 1.165) is 5.75 Å². The lowest BCUT2D eigenvalue weighted by molar-refractivity contribution is 0.0959. The highest BCUT2D eigenvalue weighted by Crippen LogP contribution is 2.20. The molecule has 4 heteroatoms. The molecular formula is C8H11NO2S. The zero-order valence-corrected chi connectivity index (χ0v) is 7.90. The van der Waals surface area contributed by atoms with Crippen LogP contribution in [0.1, 0.15) is 16.6 Å². The fraction of sp³-hybridized carbons (Fsp3) is 0.375. The Kier molecular flexibility index (Phi) is 3.10. The van der Waals surface area contributed by atoms with Crippen molar-refractivity contribution in [1.29, 1.82) is 0 Å². The molecule has 1 amide bonds. The van der Waals surface area contributed by atoms with Gasteiger partial charge in [-0.25, -0.2) is 0 Å². The molecule has 0 aliphatic heterocycles.